The lowest BCUT2D eigenvalue weighted by Crippen LogP contribution is -2.28. The van der Waals surface area contributed by atoms with Crippen molar-refractivity contribution >= 4 is 32.0 Å². The third-order valence-electron chi connectivity index (χ3n) is 2.95. The predicted molar refractivity (Wildman–Crippen MR) is 72.1 cm³/mol. The second-order valence-electron chi connectivity index (χ2n) is 4.39. The monoisotopic (exact) mass is 403 g/mol. The fourth-order valence-corrected chi connectivity index (χ4v) is 3.09. The maximum atomic E-state index is 12.5. The molecule has 0 saturated heterocycles. The highest BCUT2D eigenvalue weighted by atomic mass is 79.9. The van der Waals surface area contributed by atoms with Crippen LogP contribution in [0.2, 0.25) is 0 Å². The van der Waals surface area contributed by atoms with E-state index in [1.807, 2.05) is 0 Å². The van der Waals surface area contributed by atoms with Crippen LogP contribution in [0.3, 0.4) is 0 Å². The summed E-state index contributed by atoms with van der Waals surface area (Å²) in [6.07, 6.45) is 0. The van der Waals surface area contributed by atoms with Gasteiger partial charge in [0.25, 0.3) is 5.91 Å². The molecule has 0 aliphatic carbocycles. The summed E-state index contributed by atoms with van der Waals surface area (Å²) in [5.41, 5.74) is -5.60. The van der Waals surface area contributed by atoms with E-state index in [9.17, 15) is 26.4 Å². The summed E-state index contributed by atoms with van der Waals surface area (Å²) >= 11 is 2.93. The van der Waals surface area contributed by atoms with Crippen LogP contribution in [-0.2, 0) is 16.7 Å². The predicted octanol–water partition coefficient (Wildman–Crippen LogP) is 2.27. The van der Waals surface area contributed by atoms with Crippen molar-refractivity contribution in [2.75, 3.05) is 14.2 Å². The Balaban J connectivity index is 2.63. The third kappa shape index (κ3) is 2.62. The number of hydrogen-bond acceptors (Lipinski definition) is 5. The Labute approximate surface area is 132 Å². The molecule has 0 N–H and O–H groups in total. The van der Waals surface area contributed by atoms with Gasteiger partial charge in [0.15, 0.2) is 5.75 Å². The van der Waals surface area contributed by atoms with Crippen molar-refractivity contribution in [2.24, 2.45) is 0 Å². The molecule has 2 rings (SSSR count). The first kappa shape index (κ1) is 16.9. The van der Waals surface area contributed by atoms with Gasteiger partial charge in [-0.15, -0.1) is 0 Å². The Hall–Kier alpha value is -1.49. The molecule has 0 saturated carbocycles. The average molecular weight is 404 g/mol. The normalized spacial score (nSPS) is 15.0. The minimum atomic E-state index is -5.85. The summed E-state index contributed by atoms with van der Waals surface area (Å²) in [7, 11) is -3.16. The second-order valence-corrected chi connectivity index (χ2v) is 6.78. The van der Waals surface area contributed by atoms with Crippen LogP contribution >= 0.6 is 15.9 Å². The zero-order valence-corrected chi connectivity index (χ0v) is 13.6. The molecule has 1 aliphatic heterocycles. The number of benzene rings is 1. The number of carbonyl (C=O) groups is 1. The SMILES string of the molecule is COc1cc(Br)c(OS(=O)(=O)C(F)(F)F)c2c1C(=O)N(C)C2. The van der Waals surface area contributed by atoms with Crippen LogP contribution in [0.15, 0.2) is 10.5 Å². The number of hydrogen-bond donors (Lipinski definition) is 0. The summed E-state index contributed by atoms with van der Waals surface area (Å²) in [6.45, 7) is -0.104. The molecule has 1 heterocycles. The molecule has 1 aromatic carbocycles. The van der Waals surface area contributed by atoms with Crippen molar-refractivity contribution in [3.63, 3.8) is 0 Å². The van der Waals surface area contributed by atoms with Gasteiger partial charge in [0, 0.05) is 12.6 Å². The molecule has 1 amide bonds. The van der Waals surface area contributed by atoms with Crippen molar-refractivity contribution in [1.29, 1.82) is 0 Å². The van der Waals surface area contributed by atoms with E-state index in [0.29, 0.717) is 0 Å². The van der Waals surface area contributed by atoms with Crippen molar-refractivity contribution < 1.29 is 35.3 Å². The molecule has 6 nitrogen and oxygen atoms in total. The van der Waals surface area contributed by atoms with Crippen LogP contribution in [0.25, 0.3) is 0 Å². The number of methoxy groups -OCH3 is 1. The van der Waals surface area contributed by atoms with Crippen molar-refractivity contribution in [1.82, 2.24) is 4.90 Å². The molecule has 0 radical (unpaired) electrons. The fraction of sp³-hybridized carbons (Fsp3) is 0.364. The van der Waals surface area contributed by atoms with Gasteiger partial charge in [-0.3, -0.25) is 4.79 Å². The van der Waals surface area contributed by atoms with Crippen LogP contribution < -0.4 is 8.92 Å². The van der Waals surface area contributed by atoms with Gasteiger partial charge in [-0.2, -0.15) is 21.6 Å². The first-order chi connectivity index (χ1) is 9.99. The highest BCUT2D eigenvalue weighted by Gasteiger charge is 2.49. The molecule has 122 valence electrons. The van der Waals surface area contributed by atoms with Crippen LogP contribution in [0.5, 0.6) is 11.5 Å². The Bertz CT molecular complexity index is 747. The Morgan fingerprint density at radius 2 is 1.95 bits per heavy atom. The van der Waals surface area contributed by atoms with Crippen LogP contribution in [0.1, 0.15) is 15.9 Å². The van der Waals surface area contributed by atoms with E-state index in [2.05, 4.69) is 20.1 Å². The number of halogens is 4. The molecule has 0 spiro atoms. The number of alkyl halides is 3. The molecule has 0 aromatic heterocycles. The van der Waals surface area contributed by atoms with Crippen molar-refractivity contribution in [3.8, 4) is 11.5 Å². The van der Waals surface area contributed by atoms with Crippen molar-refractivity contribution in [2.45, 2.75) is 12.1 Å². The lowest BCUT2D eigenvalue weighted by molar-refractivity contribution is -0.0500. The maximum Gasteiger partial charge on any atom is 0.534 e. The van der Waals surface area contributed by atoms with Crippen LogP contribution in [-0.4, -0.2) is 38.9 Å². The Kier molecular flexibility index (Phi) is 4.07. The van der Waals surface area contributed by atoms with E-state index in [0.717, 1.165) is 0 Å². The highest BCUT2D eigenvalue weighted by Crippen LogP contribution is 2.43. The Morgan fingerprint density at radius 3 is 2.45 bits per heavy atom. The van der Waals surface area contributed by atoms with E-state index >= 15 is 0 Å². The quantitative estimate of drug-likeness (QED) is 0.571. The van der Waals surface area contributed by atoms with E-state index < -0.39 is 27.3 Å². The standard InChI is InChI=1S/C11H9BrF3NO5S/c1-16-4-5-8(10(16)17)7(20-2)3-6(12)9(5)21-22(18,19)11(13,14)15/h3H,4H2,1-2H3. The Morgan fingerprint density at radius 1 is 1.36 bits per heavy atom. The summed E-state index contributed by atoms with van der Waals surface area (Å²) in [5.74, 6) is -0.979. The van der Waals surface area contributed by atoms with E-state index in [-0.39, 0.29) is 27.9 Å². The molecular formula is C11H9BrF3NO5S. The number of nitrogens with zero attached hydrogens (tertiary/aromatic N) is 1. The molecule has 11 heteroatoms. The molecule has 0 unspecified atom stereocenters. The minimum absolute atomic E-state index is 0.00606. The van der Waals surface area contributed by atoms with Gasteiger partial charge in [0.05, 0.1) is 23.7 Å². The van der Waals surface area contributed by atoms with Gasteiger partial charge in [-0.1, -0.05) is 0 Å². The molecule has 1 aromatic rings. The number of amides is 1. The highest BCUT2D eigenvalue weighted by molar-refractivity contribution is 9.10. The zero-order chi connectivity index (χ0) is 16.9. The second kappa shape index (κ2) is 5.30. The van der Waals surface area contributed by atoms with Gasteiger partial charge in [-0.25, -0.2) is 0 Å². The molecule has 0 fully saturated rings. The molecule has 0 atom stereocenters. The largest absolute Gasteiger partial charge is 0.534 e. The first-order valence-corrected chi connectivity index (χ1v) is 7.85. The fourth-order valence-electron chi connectivity index (χ4n) is 1.95. The number of carbonyl (C=O) groups excluding carboxylic acids is 1. The summed E-state index contributed by atoms with van der Waals surface area (Å²) < 4.78 is 68.9. The van der Waals surface area contributed by atoms with Gasteiger partial charge in [-0.05, 0) is 22.0 Å². The number of ether oxygens (including phenoxy) is 1. The van der Waals surface area contributed by atoms with Crippen LogP contribution in [0, 0.1) is 0 Å². The average Bonchev–Trinajstić information content (AvgIpc) is 2.68. The summed E-state index contributed by atoms with van der Waals surface area (Å²) in [6, 6.07) is 1.18. The van der Waals surface area contributed by atoms with E-state index in [1.54, 1.807) is 0 Å². The summed E-state index contributed by atoms with van der Waals surface area (Å²) in [4.78, 5) is 13.2. The van der Waals surface area contributed by atoms with Gasteiger partial charge < -0.3 is 13.8 Å². The van der Waals surface area contributed by atoms with Crippen molar-refractivity contribution in [3.05, 3.63) is 21.7 Å². The smallest absolute Gasteiger partial charge is 0.496 e. The van der Waals surface area contributed by atoms with Gasteiger partial charge in [0.1, 0.15) is 5.75 Å². The summed E-state index contributed by atoms with van der Waals surface area (Å²) in [5, 5.41) is 0. The van der Waals surface area contributed by atoms with Crippen LogP contribution in [0.4, 0.5) is 13.2 Å². The molecule has 0 bridgehead atoms. The zero-order valence-electron chi connectivity index (χ0n) is 11.2. The van der Waals surface area contributed by atoms with E-state index in [4.69, 9.17) is 4.74 Å². The minimum Gasteiger partial charge on any atom is -0.496 e. The maximum absolute atomic E-state index is 12.5. The molecule has 22 heavy (non-hydrogen) atoms. The molecule has 1 aliphatic rings. The lowest BCUT2D eigenvalue weighted by atomic mass is 10.1. The third-order valence-corrected chi connectivity index (χ3v) is 4.49. The number of rotatable bonds is 3. The lowest BCUT2D eigenvalue weighted by Gasteiger charge is -2.15. The van der Waals surface area contributed by atoms with Gasteiger partial charge in [0.2, 0.25) is 0 Å². The van der Waals surface area contributed by atoms with E-state index in [1.165, 1.54) is 25.1 Å². The van der Waals surface area contributed by atoms with Gasteiger partial charge >= 0.3 is 15.6 Å². The first-order valence-electron chi connectivity index (χ1n) is 5.65. The number of fused-ring (bicyclic) bond motifs is 1. The molecular weight excluding hydrogens is 395 g/mol. The topological polar surface area (TPSA) is 72.9 Å².